The Labute approximate surface area is 132 Å². The van der Waals surface area contributed by atoms with E-state index >= 15 is 0 Å². The molecule has 1 nitrogen and oxygen atoms in total. The fourth-order valence-electron chi connectivity index (χ4n) is 2.34. The molecule has 0 saturated carbocycles. The third-order valence-corrected chi connectivity index (χ3v) is 3.66. The van der Waals surface area contributed by atoms with Crippen LogP contribution >= 0.6 is 0 Å². The number of fused-ring (bicyclic) bond motifs is 1. The average Bonchev–Trinajstić information content (AvgIpc) is 2.62. The maximum atomic E-state index is 10.2. The lowest BCUT2D eigenvalue weighted by Crippen LogP contribution is -1.88. The summed E-state index contributed by atoms with van der Waals surface area (Å²) < 4.78 is 0. The maximum absolute atomic E-state index is 10.2. The molecule has 0 aliphatic carbocycles. The molecule has 22 heavy (non-hydrogen) atoms. The van der Waals surface area contributed by atoms with Crippen molar-refractivity contribution in [3.05, 3.63) is 72.8 Å². The first-order chi connectivity index (χ1) is 10.8. The van der Waals surface area contributed by atoms with Gasteiger partial charge in [-0.05, 0) is 21.9 Å². The van der Waals surface area contributed by atoms with Crippen molar-refractivity contribution < 1.29 is 4.79 Å². The Balaban J connectivity index is 0.000000254. The van der Waals surface area contributed by atoms with Crippen LogP contribution in [0.4, 0.5) is 0 Å². The lowest BCUT2D eigenvalue weighted by molar-refractivity contribution is -0.118. The molecule has 0 heterocycles. The van der Waals surface area contributed by atoms with Crippen LogP contribution in [0.5, 0.6) is 0 Å². The Bertz CT molecular complexity index is 718. The molecule has 0 aliphatic heterocycles. The molecule has 3 rings (SSSR count). The Morgan fingerprint density at radius 3 is 1.95 bits per heavy atom. The molecule has 112 valence electrons. The highest BCUT2D eigenvalue weighted by Crippen LogP contribution is 2.27. The molecule has 0 spiro atoms. The molecule has 0 aliphatic rings. The van der Waals surface area contributed by atoms with Crippen molar-refractivity contribution in [2.45, 2.75) is 26.7 Å². The fourth-order valence-corrected chi connectivity index (χ4v) is 2.34. The number of carbonyl (C=O) groups excluding carboxylic acids is 1. The summed E-state index contributed by atoms with van der Waals surface area (Å²) in [5, 5.41) is 2.61. The Morgan fingerprint density at radius 1 is 0.727 bits per heavy atom. The highest BCUT2D eigenvalue weighted by Gasteiger charge is 2.01. The lowest BCUT2D eigenvalue weighted by Gasteiger charge is -2.06. The van der Waals surface area contributed by atoms with Gasteiger partial charge in [0.1, 0.15) is 5.78 Å². The van der Waals surface area contributed by atoms with Crippen LogP contribution in [-0.4, -0.2) is 5.78 Å². The highest BCUT2D eigenvalue weighted by atomic mass is 16.1. The summed E-state index contributed by atoms with van der Waals surface area (Å²) in [6.45, 7) is 3.76. The van der Waals surface area contributed by atoms with Gasteiger partial charge in [-0.25, -0.2) is 0 Å². The van der Waals surface area contributed by atoms with E-state index in [9.17, 15) is 4.79 Å². The highest BCUT2D eigenvalue weighted by molar-refractivity contribution is 5.96. The molecular formula is C21H22O. The lowest BCUT2D eigenvalue weighted by atomic mass is 9.98. The molecule has 1 heteroatoms. The second-order valence-electron chi connectivity index (χ2n) is 5.14. The largest absolute Gasteiger partial charge is 0.300 e. The van der Waals surface area contributed by atoms with Gasteiger partial charge in [-0.2, -0.15) is 0 Å². The van der Waals surface area contributed by atoms with Crippen molar-refractivity contribution in [2.24, 2.45) is 0 Å². The number of hydrogen-bond donors (Lipinski definition) is 0. The van der Waals surface area contributed by atoms with Gasteiger partial charge in [-0.1, -0.05) is 86.6 Å². The van der Waals surface area contributed by atoms with Gasteiger partial charge in [0.15, 0.2) is 0 Å². The van der Waals surface area contributed by atoms with Gasteiger partial charge in [0.2, 0.25) is 0 Å². The molecule has 0 radical (unpaired) electrons. The molecule has 0 amide bonds. The third kappa shape index (κ3) is 4.05. The molecule has 0 bridgehead atoms. The minimum absolute atomic E-state index is 0.343. The smallest absolute Gasteiger partial charge is 0.132 e. The quantitative estimate of drug-likeness (QED) is 0.588. The summed E-state index contributed by atoms with van der Waals surface area (Å²) >= 11 is 0. The number of carbonyl (C=O) groups is 1. The van der Waals surface area contributed by atoms with Gasteiger partial charge >= 0.3 is 0 Å². The number of rotatable bonds is 3. The second-order valence-corrected chi connectivity index (χ2v) is 5.14. The summed E-state index contributed by atoms with van der Waals surface area (Å²) in [6, 6.07) is 25.5. The minimum Gasteiger partial charge on any atom is -0.300 e. The second kappa shape index (κ2) is 8.14. The first-order valence-corrected chi connectivity index (χ1v) is 7.81. The molecule has 3 aromatic carbocycles. The van der Waals surface area contributed by atoms with Crippen molar-refractivity contribution >= 4 is 16.6 Å². The van der Waals surface area contributed by atoms with E-state index in [2.05, 4.69) is 72.8 Å². The van der Waals surface area contributed by atoms with Crippen LogP contribution in [-0.2, 0) is 4.79 Å². The summed E-state index contributed by atoms with van der Waals surface area (Å²) in [5.41, 5.74) is 2.58. The summed E-state index contributed by atoms with van der Waals surface area (Å²) in [7, 11) is 0. The number of benzene rings is 3. The van der Waals surface area contributed by atoms with Crippen LogP contribution in [0, 0.1) is 0 Å². The molecule has 0 saturated heterocycles. The van der Waals surface area contributed by atoms with E-state index in [1.165, 1.54) is 21.9 Å². The number of Topliss-reactive ketones (excluding diaryl/α,β-unsaturated/α-hetero) is 1. The minimum atomic E-state index is 0.343. The van der Waals surface area contributed by atoms with Crippen molar-refractivity contribution in [3.8, 4) is 11.1 Å². The van der Waals surface area contributed by atoms with E-state index in [4.69, 9.17) is 0 Å². The molecular weight excluding hydrogens is 268 g/mol. The van der Waals surface area contributed by atoms with E-state index in [1.54, 1.807) is 0 Å². The van der Waals surface area contributed by atoms with Gasteiger partial charge in [0.05, 0.1) is 0 Å². The molecule has 3 aromatic rings. The predicted octanol–water partition coefficient (Wildman–Crippen LogP) is 5.88. The zero-order valence-corrected chi connectivity index (χ0v) is 13.3. The van der Waals surface area contributed by atoms with Crippen molar-refractivity contribution in [3.63, 3.8) is 0 Å². The topological polar surface area (TPSA) is 17.1 Å². The zero-order valence-electron chi connectivity index (χ0n) is 13.3. The van der Waals surface area contributed by atoms with E-state index in [1.807, 2.05) is 13.8 Å². The monoisotopic (exact) mass is 290 g/mol. The SMILES string of the molecule is CCC(=O)CC.c1ccc(-c2cccc3ccccc23)cc1. The average molecular weight is 290 g/mol. The third-order valence-electron chi connectivity index (χ3n) is 3.66. The van der Waals surface area contributed by atoms with Crippen LogP contribution in [0.25, 0.3) is 21.9 Å². The van der Waals surface area contributed by atoms with Gasteiger partial charge in [-0.3, -0.25) is 4.79 Å². The van der Waals surface area contributed by atoms with Crippen LogP contribution in [0.3, 0.4) is 0 Å². The van der Waals surface area contributed by atoms with Crippen LogP contribution in [0.1, 0.15) is 26.7 Å². The van der Waals surface area contributed by atoms with Gasteiger partial charge in [-0.15, -0.1) is 0 Å². The Hall–Kier alpha value is -2.41. The van der Waals surface area contributed by atoms with Crippen LogP contribution < -0.4 is 0 Å². The van der Waals surface area contributed by atoms with E-state index in [0.717, 1.165) is 0 Å². The van der Waals surface area contributed by atoms with Gasteiger partial charge < -0.3 is 0 Å². The summed E-state index contributed by atoms with van der Waals surface area (Å²) in [6.07, 6.45) is 1.38. The summed E-state index contributed by atoms with van der Waals surface area (Å²) in [5.74, 6) is 0.343. The Kier molecular flexibility index (Phi) is 5.91. The van der Waals surface area contributed by atoms with Gasteiger partial charge in [0, 0.05) is 12.8 Å². The molecule has 0 N–H and O–H groups in total. The molecule has 0 atom stereocenters. The standard InChI is InChI=1S/C16H12.C5H10O/c1-2-7-13(8-3-1)16-12-6-10-14-9-4-5-11-15(14)16;1-3-5(6)4-2/h1-12H;3-4H2,1-2H3. The molecule has 0 aromatic heterocycles. The predicted molar refractivity (Wildman–Crippen MR) is 95.0 cm³/mol. The Morgan fingerprint density at radius 2 is 1.32 bits per heavy atom. The number of ketones is 1. The first-order valence-electron chi connectivity index (χ1n) is 7.81. The van der Waals surface area contributed by atoms with Crippen molar-refractivity contribution in [1.29, 1.82) is 0 Å². The van der Waals surface area contributed by atoms with Crippen molar-refractivity contribution in [2.75, 3.05) is 0 Å². The van der Waals surface area contributed by atoms with Crippen LogP contribution in [0.15, 0.2) is 72.8 Å². The van der Waals surface area contributed by atoms with E-state index < -0.39 is 0 Å². The maximum Gasteiger partial charge on any atom is 0.132 e. The van der Waals surface area contributed by atoms with E-state index in [0.29, 0.717) is 18.6 Å². The van der Waals surface area contributed by atoms with E-state index in [-0.39, 0.29) is 0 Å². The fraction of sp³-hybridized carbons (Fsp3) is 0.190. The zero-order chi connectivity index (χ0) is 15.8. The number of hydrogen-bond acceptors (Lipinski definition) is 1. The van der Waals surface area contributed by atoms with Crippen molar-refractivity contribution in [1.82, 2.24) is 0 Å². The van der Waals surface area contributed by atoms with Gasteiger partial charge in [0.25, 0.3) is 0 Å². The van der Waals surface area contributed by atoms with Crippen LogP contribution in [0.2, 0.25) is 0 Å². The molecule has 0 unspecified atom stereocenters. The molecule has 0 fully saturated rings. The first kappa shape index (κ1) is 16.0. The normalized spacial score (nSPS) is 9.91. The summed E-state index contributed by atoms with van der Waals surface area (Å²) in [4.78, 5) is 10.2.